The molecule has 2 heterocycles. The number of likely N-dealkylation sites (N-methyl/N-ethyl adjacent to an activating group) is 2. The molecule has 0 radical (unpaired) electrons. The van der Waals surface area contributed by atoms with E-state index >= 15 is 0 Å². The Morgan fingerprint density at radius 2 is 1.63 bits per heavy atom. The predicted molar refractivity (Wildman–Crippen MR) is 162 cm³/mol. The van der Waals surface area contributed by atoms with E-state index in [0.29, 0.717) is 41.1 Å². The molecular weight excluding hydrogens is 557 g/mol. The molecule has 0 N–H and O–H groups in total. The normalized spacial score (nSPS) is 15.3. The first-order valence-corrected chi connectivity index (χ1v) is 14.3. The van der Waals surface area contributed by atoms with Crippen molar-refractivity contribution in [3.8, 4) is 11.1 Å². The molecule has 3 aromatic rings. The van der Waals surface area contributed by atoms with E-state index in [4.69, 9.17) is 9.72 Å². The molecule has 230 valence electrons. The van der Waals surface area contributed by atoms with Gasteiger partial charge >= 0.3 is 12.1 Å². The summed E-state index contributed by atoms with van der Waals surface area (Å²) in [7, 11) is 3.70. The molecule has 1 amide bonds. The van der Waals surface area contributed by atoms with Crippen LogP contribution < -0.4 is 9.80 Å². The fourth-order valence-electron chi connectivity index (χ4n) is 5.48. The second-order valence-electron chi connectivity index (χ2n) is 12.3. The van der Waals surface area contributed by atoms with Crippen molar-refractivity contribution >= 4 is 23.4 Å². The summed E-state index contributed by atoms with van der Waals surface area (Å²) >= 11 is 0. The first kappa shape index (κ1) is 32.0. The van der Waals surface area contributed by atoms with Gasteiger partial charge in [-0.2, -0.15) is 13.2 Å². The van der Waals surface area contributed by atoms with Crippen molar-refractivity contribution in [2.45, 2.75) is 46.2 Å². The van der Waals surface area contributed by atoms with E-state index in [2.05, 4.69) is 11.9 Å². The number of piperazine rings is 1. The number of nitrogens with zero attached hydrogens (tertiary/aromatic N) is 4. The van der Waals surface area contributed by atoms with Gasteiger partial charge in [0.1, 0.15) is 5.82 Å². The number of ether oxygens (including phenoxy) is 1. The summed E-state index contributed by atoms with van der Waals surface area (Å²) in [5.41, 5.74) is 2.01. The Bertz CT molecular complexity index is 1510. The third-order valence-electron chi connectivity index (χ3n) is 8.35. The first-order valence-electron chi connectivity index (χ1n) is 14.3. The van der Waals surface area contributed by atoms with Crippen molar-refractivity contribution in [2.75, 3.05) is 56.8 Å². The Balaban J connectivity index is 1.69. The van der Waals surface area contributed by atoms with E-state index in [0.717, 1.165) is 47.7 Å². The van der Waals surface area contributed by atoms with E-state index in [9.17, 15) is 22.8 Å². The standard InChI is InChI=1S/C33H40F3N4O3/c1-22-16-25(18-26(17-22)33(34,35)36)32(4,5)31(42)38(6)29-20-37-30(19-28(29)27-11-9-8-10-23(27)2)39-12-14-40(7,15-13-39)21-43-24(3)41/h8-11,16-20H,12-15,21H2,1-7H3/q+1. The largest absolute Gasteiger partial charge is 0.416 e. The van der Waals surface area contributed by atoms with E-state index in [1.807, 2.05) is 37.3 Å². The van der Waals surface area contributed by atoms with Crippen molar-refractivity contribution < 1.29 is 32.0 Å². The molecule has 0 aliphatic carbocycles. The molecule has 1 aliphatic heterocycles. The van der Waals surface area contributed by atoms with Gasteiger partial charge in [0.25, 0.3) is 0 Å². The quantitative estimate of drug-likeness (QED) is 0.243. The average Bonchev–Trinajstić information content (AvgIpc) is 2.95. The van der Waals surface area contributed by atoms with Crippen LogP contribution in [0.25, 0.3) is 11.1 Å². The van der Waals surface area contributed by atoms with Gasteiger partial charge in [-0.25, -0.2) is 4.98 Å². The number of hydrogen-bond acceptors (Lipinski definition) is 5. The van der Waals surface area contributed by atoms with Gasteiger partial charge in [-0.3, -0.25) is 14.1 Å². The summed E-state index contributed by atoms with van der Waals surface area (Å²) < 4.78 is 46.7. The molecular formula is C33H40F3N4O3+. The lowest BCUT2D eigenvalue weighted by atomic mass is 9.81. The SMILES string of the molecule is CC(=O)OC[N+]1(C)CCN(c2cc(-c3ccccc3C)c(N(C)C(=O)C(C)(C)c3cc(C)cc(C(F)(F)F)c3)cn2)CC1. The Morgan fingerprint density at radius 3 is 2.23 bits per heavy atom. The number of amides is 1. The molecule has 1 fully saturated rings. The minimum atomic E-state index is -4.52. The summed E-state index contributed by atoms with van der Waals surface area (Å²) in [6.45, 7) is 11.5. The van der Waals surface area contributed by atoms with Crippen molar-refractivity contribution in [1.82, 2.24) is 4.98 Å². The highest BCUT2D eigenvalue weighted by Crippen LogP contribution is 2.39. The zero-order valence-corrected chi connectivity index (χ0v) is 25.9. The molecule has 4 rings (SSSR count). The monoisotopic (exact) mass is 597 g/mol. The smallest absolute Gasteiger partial charge is 0.415 e. The van der Waals surface area contributed by atoms with Crippen molar-refractivity contribution in [3.63, 3.8) is 0 Å². The molecule has 0 unspecified atom stereocenters. The molecule has 10 heteroatoms. The molecule has 1 aromatic heterocycles. The molecule has 0 bridgehead atoms. The number of pyridine rings is 1. The highest BCUT2D eigenvalue weighted by atomic mass is 19.4. The van der Waals surface area contributed by atoms with Crippen molar-refractivity contribution in [3.05, 3.63) is 77.0 Å². The lowest BCUT2D eigenvalue weighted by Crippen LogP contribution is -2.58. The van der Waals surface area contributed by atoms with Crippen LogP contribution in [0.3, 0.4) is 0 Å². The van der Waals surface area contributed by atoms with E-state index < -0.39 is 17.2 Å². The fraction of sp³-hybridized carbons (Fsp3) is 0.424. The van der Waals surface area contributed by atoms with E-state index in [1.165, 1.54) is 11.8 Å². The number of aryl methyl sites for hydroxylation is 2. The van der Waals surface area contributed by atoms with Crippen molar-refractivity contribution in [1.29, 1.82) is 0 Å². The molecule has 7 nitrogen and oxygen atoms in total. The predicted octanol–water partition coefficient (Wildman–Crippen LogP) is 6.11. The number of halogens is 3. The third kappa shape index (κ3) is 7.01. The summed E-state index contributed by atoms with van der Waals surface area (Å²) in [5.74, 6) is 0.105. The second kappa shape index (κ2) is 12.0. The number of carbonyl (C=O) groups excluding carboxylic acids is 2. The van der Waals surface area contributed by atoms with E-state index in [-0.39, 0.29) is 11.9 Å². The molecule has 0 spiro atoms. The van der Waals surface area contributed by atoms with Gasteiger partial charge < -0.3 is 14.5 Å². The fourth-order valence-corrected chi connectivity index (χ4v) is 5.48. The Kier molecular flexibility index (Phi) is 8.92. The zero-order valence-electron chi connectivity index (χ0n) is 25.9. The summed E-state index contributed by atoms with van der Waals surface area (Å²) in [6.07, 6.45) is -2.85. The molecule has 2 aromatic carbocycles. The molecule has 0 saturated carbocycles. The van der Waals surface area contributed by atoms with Gasteiger partial charge in [-0.15, -0.1) is 0 Å². The van der Waals surface area contributed by atoms with E-state index in [1.54, 1.807) is 40.1 Å². The Labute approximate surface area is 251 Å². The van der Waals surface area contributed by atoms with Crippen LogP contribution in [0.5, 0.6) is 0 Å². The summed E-state index contributed by atoms with van der Waals surface area (Å²) in [5, 5.41) is 0. The van der Waals surface area contributed by atoms with Crippen LogP contribution in [0.1, 0.15) is 43.0 Å². The number of benzene rings is 2. The number of carbonyl (C=O) groups is 2. The highest BCUT2D eigenvalue weighted by molar-refractivity contribution is 6.03. The summed E-state index contributed by atoms with van der Waals surface area (Å²) in [6, 6.07) is 13.6. The topological polar surface area (TPSA) is 62.7 Å². The van der Waals surface area contributed by atoms with Gasteiger partial charge in [-0.1, -0.05) is 35.9 Å². The van der Waals surface area contributed by atoms with Gasteiger partial charge in [0.15, 0.2) is 0 Å². The van der Waals surface area contributed by atoms with Gasteiger partial charge in [0, 0.05) is 19.5 Å². The lowest BCUT2D eigenvalue weighted by molar-refractivity contribution is -0.926. The number of rotatable bonds is 7. The van der Waals surface area contributed by atoms with Crippen LogP contribution in [0.4, 0.5) is 24.7 Å². The van der Waals surface area contributed by atoms with Crippen molar-refractivity contribution in [2.24, 2.45) is 0 Å². The van der Waals surface area contributed by atoms with Gasteiger partial charge in [-0.05, 0) is 62.6 Å². The minimum Gasteiger partial charge on any atom is -0.415 e. The number of quaternary nitrogens is 1. The van der Waals surface area contributed by atoms with Crippen LogP contribution in [0.15, 0.2) is 54.7 Å². The molecule has 0 atom stereocenters. The molecule has 1 saturated heterocycles. The minimum absolute atomic E-state index is 0.293. The average molecular weight is 598 g/mol. The number of aromatic nitrogens is 1. The van der Waals surface area contributed by atoms with Crippen LogP contribution in [-0.2, 0) is 25.9 Å². The van der Waals surface area contributed by atoms with Gasteiger partial charge in [0.05, 0.1) is 56.1 Å². The number of esters is 1. The van der Waals surface area contributed by atoms with Crippen LogP contribution in [-0.4, -0.2) is 68.3 Å². The third-order valence-corrected chi connectivity index (χ3v) is 8.35. The van der Waals surface area contributed by atoms with Crippen LogP contribution in [0, 0.1) is 13.8 Å². The maximum absolute atomic E-state index is 14.0. The maximum Gasteiger partial charge on any atom is 0.416 e. The summed E-state index contributed by atoms with van der Waals surface area (Å²) in [4.78, 5) is 33.8. The first-order chi connectivity index (χ1) is 20.0. The lowest BCUT2D eigenvalue weighted by Gasteiger charge is -2.41. The second-order valence-corrected chi connectivity index (χ2v) is 12.3. The number of hydrogen-bond donors (Lipinski definition) is 0. The zero-order chi connectivity index (χ0) is 31.7. The highest BCUT2D eigenvalue weighted by Gasteiger charge is 2.38. The molecule has 1 aliphatic rings. The van der Waals surface area contributed by atoms with Crippen LogP contribution in [0.2, 0.25) is 0 Å². The van der Waals surface area contributed by atoms with Crippen LogP contribution >= 0.6 is 0 Å². The molecule has 43 heavy (non-hydrogen) atoms. The number of anilines is 2. The Morgan fingerprint density at radius 1 is 1.00 bits per heavy atom. The van der Waals surface area contributed by atoms with Gasteiger partial charge in [0.2, 0.25) is 12.6 Å². The maximum atomic E-state index is 14.0. The Hall–Kier alpha value is -3.92. The number of alkyl halides is 3.